The van der Waals surface area contributed by atoms with Gasteiger partial charge in [-0.15, -0.1) is 4.98 Å². The summed E-state index contributed by atoms with van der Waals surface area (Å²) < 4.78 is 16.2. The standard InChI is InChI=1S/C11H18N4O3/c1-2-5-17-10-13-9(12)14-11(15-10)18-7-8-4-3-6-16-8/h8H,2-7H2,1H3,(H2,12,13,14,15). The van der Waals surface area contributed by atoms with Crippen LogP contribution in [0.4, 0.5) is 5.95 Å². The molecule has 1 aliphatic heterocycles. The van der Waals surface area contributed by atoms with E-state index in [1.54, 1.807) is 0 Å². The van der Waals surface area contributed by atoms with Gasteiger partial charge in [-0.1, -0.05) is 6.92 Å². The van der Waals surface area contributed by atoms with Gasteiger partial charge in [0.2, 0.25) is 5.95 Å². The van der Waals surface area contributed by atoms with Crippen LogP contribution in [0.1, 0.15) is 26.2 Å². The predicted octanol–water partition coefficient (Wildman–Crippen LogP) is 0.800. The third kappa shape index (κ3) is 3.69. The Morgan fingerprint density at radius 1 is 1.28 bits per heavy atom. The van der Waals surface area contributed by atoms with E-state index in [4.69, 9.17) is 19.9 Å². The number of hydrogen-bond donors (Lipinski definition) is 1. The molecule has 0 bridgehead atoms. The Bertz CT molecular complexity index is 383. The Kier molecular flexibility index (Phi) is 4.52. The lowest BCUT2D eigenvalue weighted by molar-refractivity contribution is 0.0641. The molecular weight excluding hydrogens is 236 g/mol. The van der Waals surface area contributed by atoms with Crippen LogP contribution in [0.15, 0.2) is 0 Å². The second-order valence-corrected chi connectivity index (χ2v) is 4.05. The molecule has 0 saturated carbocycles. The number of rotatable bonds is 6. The van der Waals surface area contributed by atoms with Gasteiger partial charge in [-0.2, -0.15) is 9.97 Å². The van der Waals surface area contributed by atoms with E-state index in [0.29, 0.717) is 13.2 Å². The maximum Gasteiger partial charge on any atom is 0.324 e. The Labute approximate surface area is 106 Å². The molecule has 7 heteroatoms. The minimum atomic E-state index is 0.0958. The van der Waals surface area contributed by atoms with E-state index in [-0.39, 0.29) is 24.1 Å². The number of nitrogens with two attached hydrogens (primary N) is 1. The van der Waals surface area contributed by atoms with Crippen molar-refractivity contribution in [2.24, 2.45) is 0 Å². The van der Waals surface area contributed by atoms with E-state index in [9.17, 15) is 0 Å². The molecule has 100 valence electrons. The van der Waals surface area contributed by atoms with E-state index < -0.39 is 0 Å². The van der Waals surface area contributed by atoms with Crippen LogP contribution in [0.25, 0.3) is 0 Å². The smallest absolute Gasteiger partial charge is 0.324 e. The maximum atomic E-state index is 5.56. The third-order valence-electron chi connectivity index (χ3n) is 2.47. The number of aromatic nitrogens is 3. The zero-order valence-corrected chi connectivity index (χ0v) is 10.5. The zero-order chi connectivity index (χ0) is 12.8. The fourth-order valence-corrected chi connectivity index (χ4v) is 1.62. The molecule has 1 aromatic rings. The van der Waals surface area contributed by atoms with Gasteiger partial charge in [0, 0.05) is 6.61 Å². The molecule has 1 unspecified atom stereocenters. The molecule has 2 heterocycles. The summed E-state index contributed by atoms with van der Waals surface area (Å²) in [5.41, 5.74) is 5.56. The quantitative estimate of drug-likeness (QED) is 0.802. The van der Waals surface area contributed by atoms with Crippen molar-refractivity contribution in [1.29, 1.82) is 0 Å². The first-order valence-electron chi connectivity index (χ1n) is 6.16. The molecule has 2 N–H and O–H groups in total. The van der Waals surface area contributed by atoms with Crippen molar-refractivity contribution in [3.8, 4) is 12.0 Å². The van der Waals surface area contributed by atoms with Gasteiger partial charge in [-0.3, -0.25) is 0 Å². The molecule has 0 amide bonds. The number of hydrogen-bond acceptors (Lipinski definition) is 7. The molecule has 18 heavy (non-hydrogen) atoms. The molecule has 0 radical (unpaired) electrons. The minimum absolute atomic E-state index is 0.0958. The Morgan fingerprint density at radius 2 is 2.06 bits per heavy atom. The highest BCUT2D eigenvalue weighted by molar-refractivity contribution is 5.20. The van der Waals surface area contributed by atoms with Crippen molar-refractivity contribution in [3.05, 3.63) is 0 Å². The second kappa shape index (κ2) is 6.34. The van der Waals surface area contributed by atoms with Gasteiger partial charge in [0.15, 0.2) is 0 Å². The van der Waals surface area contributed by atoms with Crippen LogP contribution in [-0.2, 0) is 4.74 Å². The van der Waals surface area contributed by atoms with Crippen LogP contribution < -0.4 is 15.2 Å². The highest BCUT2D eigenvalue weighted by Gasteiger charge is 2.17. The zero-order valence-electron chi connectivity index (χ0n) is 10.5. The monoisotopic (exact) mass is 254 g/mol. The van der Waals surface area contributed by atoms with Crippen LogP contribution in [0.2, 0.25) is 0 Å². The summed E-state index contributed by atoms with van der Waals surface area (Å²) in [7, 11) is 0. The van der Waals surface area contributed by atoms with E-state index in [1.807, 2.05) is 6.92 Å². The number of ether oxygens (including phenoxy) is 3. The fourth-order valence-electron chi connectivity index (χ4n) is 1.62. The second-order valence-electron chi connectivity index (χ2n) is 4.05. The molecule has 0 spiro atoms. The summed E-state index contributed by atoms with van der Waals surface area (Å²) in [6.45, 7) is 3.75. The molecule has 1 aromatic heterocycles. The summed E-state index contributed by atoms with van der Waals surface area (Å²) in [4.78, 5) is 11.8. The van der Waals surface area contributed by atoms with E-state index in [0.717, 1.165) is 25.9 Å². The highest BCUT2D eigenvalue weighted by atomic mass is 16.5. The van der Waals surface area contributed by atoms with Gasteiger partial charge in [0.25, 0.3) is 0 Å². The number of nitrogens with zero attached hydrogens (tertiary/aromatic N) is 3. The largest absolute Gasteiger partial charge is 0.463 e. The summed E-state index contributed by atoms with van der Waals surface area (Å²) in [6, 6.07) is 0.385. The van der Waals surface area contributed by atoms with E-state index in [2.05, 4.69) is 15.0 Å². The van der Waals surface area contributed by atoms with Gasteiger partial charge in [-0.25, -0.2) is 0 Å². The first kappa shape index (κ1) is 12.8. The Hall–Kier alpha value is -1.63. The van der Waals surface area contributed by atoms with Crippen LogP contribution in [0.3, 0.4) is 0 Å². The summed E-state index contributed by atoms with van der Waals surface area (Å²) in [6.07, 6.45) is 3.05. The van der Waals surface area contributed by atoms with Crippen molar-refractivity contribution < 1.29 is 14.2 Å². The predicted molar refractivity (Wildman–Crippen MR) is 64.5 cm³/mol. The summed E-state index contributed by atoms with van der Waals surface area (Å²) in [5.74, 6) is 0.0958. The Balaban J connectivity index is 1.91. The van der Waals surface area contributed by atoms with Crippen molar-refractivity contribution >= 4 is 5.95 Å². The molecule has 2 rings (SSSR count). The lowest BCUT2D eigenvalue weighted by Crippen LogP contribution is -2.18. The first-order valence-corrected chi connectivity index (χ1v) is 6.16. The van der Waals surface area contributed by atoms with Crippen LogP contribution in [0.5, 0.6) is 12.0 Å². The summed E-state index contributed by atoms with van der Waals surface area (Å²) in [5, 5.41) is 0. The van der Waals surface area contributed by atoms with Crippen LogP contribution in [-0.4, -0.2) is 40.9 Å². The summed E-state index contributed by atoms with van der Waals surface area (Å²) >= 11 is 0. The lowest BCUT2D eigenvalue weighted by atomic mass is 10.2. The van der Waals surface area contributed by atoms with Gasteiger partial charge >= 0.3 is 12.0 Å². The molecule has 1 fully saturated rings. The third-order valence-corrected chi connectivity index (χ3v) is 2.47. The molecule has 0 aromatic carbocycles. The van der Waals surface area contributed by atoms with Gasteiger partial charge < -0.3 is 19.9 Å². The topological polar surface area (TPSA) is 92.4 Å². The van der Waals surface area contributed by atoms with Crippen molar-refractivity contribution in [1.82, 2.24) is 15.0 Å². The van der Waals surface area contributed by atoms with E-state index in [1.165, 1.54) is 0 Å². The van der Waals surface area contributed by atoms with Gasteiger partial charge in [0.05, 0.1) is 12.7 Å². The Morgan fingerprint density at radius 3 is 2.72 bits per heavy atom. The van der Waals surface area contributed by atoms with Crippen molar-refractivity contribution in [2.45, 2.75) is 32.3 Å². The normalized spacial score (nSPS) is 18.8. The van der Waals surface area contributed by atoms with Crippen molar-refractivity contribution in [2.75, 3.05) is 25.6 Å². The van der Waals surface area contributed by atoms with Gasteiger partial charge in [-0.05, 0) is 19.3 Å². The van der Waals surface area contributed by atoms with E-state index >= 15 is 0 Å². The fraction of sp³-hybridized carbons (Fsp3) is 0.727. The van der Waals surface area contributed by atoms with Gasteiger partial charge in [0.1, 0.15) is 6.61 Å². The minimum Gasteiger partial charge on any atom is -0.463 e. The number of anilines is 1. The SMILES string of the molecule is CCCOc1nc(N)nc(OCC2CCCO2)n1. The van der Waals surface area contributed by atoms with Crippen molar-refractivity contribution in [3.63, 3.8) is 0 Å². The molecule has 7 nitrogen and oxygen atoms in total. The molecular formula is C11H18N4O3. The molecule has 1 atom stereocenters. The maximum absolute atomic E-state index is 5.56. The average Bonchev–Trinajstić information content (AvgIpc) is 2.86. The number of nitrogen functional groups attached to an aromatic ring is 1. The lowest BCUT2D eigenvalue weighted by Gasteiger charge is -2.10. The van der Waals surface area contributed by atoms with Crippen LogP contribution >= 0.6 is 0 Å². The average molecular weight is 254 g/mol. The first-order chi connectivity index (χ1) is 8.78. The molecule has 0 aliphatic carbocycles. The van der Waals surface area contributed by atoms with Crippen LogP contribution in [0, 0.1) is 0 Å². The highest BCUT2D eigenvalue weighted by Crippen LogP contribution is 2.15. The molecule has 1 aliphatic rings. The molecule has 1 saturated heterocycles.